The van der Waals surface area contributed by atoms with E-state index in [0.29, 0.717) is 12.2 Å². The fraction of sp³-hybridized carbons (Fsp3) is 0.391. The maximum atomic E-state index is 12.9. The third-order valence-corrected chi connectivity index (χ3v) is 6.01. The van der Waals surface area contributed by atoms with Crippen LogP contribution in [0.5, 0.6) is 0 Å². The summed E-state index contributed by atoms with van der Waals surface area (Å²) >= 11 is 1.27. The van der Waals surface area contributed by atoms with Crippen molar-refractivity contribution in [2.24, 2.45) is 0 Å². The molecule has 0 aromatic heterocycles. The van der Waals surface area contributed by atoms with Gasteiger partial charge in [-0.3, -0.25) is 14.5 Å². The number of benzene rings is 2. The highest BCUT2D eigenvalue weighted by molar-refractivity contribution is 8.01. The number of anilines is 1. The minimum absolute atomic E-state index is 0.0948. The summed E-state index contributed by atoms with van der Waals surface area (Å²) < 4.78 is 12.9. The number of hydrogen-bond acceptors (Lipinski definition) is 4. The highest BCUT2D eigenvalue weighted by atomic mass is 32.2. The van der Waals surface area contributed by atoms with Crippen molar-refractivity contribution < 1.29 is 14.0 Å². The van der Waals surface area contributed by atoms with E-state index in [1.165, 1.54) is 41.6 Å². The van der Waals surface area contributed by atoms with E-state index in [-0.39, 0.29) is 34.7 Å². The van der Waals surface area contributed by atoms with Crippen LogP contribution in [0.4, 0.5) is 10.1 Å². The first kappa shape index (κ1) is 23.9. The smallest absolute Gasteiger partial charge is 0.234 e. The molecule has 2 aromatic carbocycles. The van der Waals surface area contributed by atoms with Crippen molar-refractivity contribution in [2.75, 3.05) is 30.7 Å². The normalized spacial score (nSPS) is 13.0. The summed E-state index contributed by atoms with van der Waals surface area (Å²) in [4.78, 5) is 27.0. The van der Waals surface area contributed by atoms with Crippen molar-refractivity contribution in [3.05, 3.63) is 66.0 Å². The monoisotopic (exact) mass is 431 g/mol. The van der Waals surface area contributed by atoms with Gasteiger partial charge in [0.1, 0.15) is 5.82 Å². The number of rotatable bonds is 11. The lowest BCUT2D eigenvalue weighted by molar-refractivity contribution is -0.120. The molecule has 0 saturated carbocycles. The molecule has 2 aromatic rings. The molecule has 30 heavy (non-hydrogen) atoms. The Balaban J connectivity index is 1.84. The Morgan fingerprint density at radius 3 is 2.27 bits per heavy atom. The molecule has 0 spiro atoms. The summed E-state index contributed by atoms with van der Waals surface area (Å²) in [7, 11) is 0. The molecule has 0 aliphatic rings. The SMILES string of the molecule is CCN(CC)C(CNC(=O)C(C)SCC(=O)Nc1ccc(F)cc1)c1ccccc1. The maximum absolute atomic E-state index is 12.9. The van der Waals surface area contributed by atoms with Crippen molar-refractivity contribution in [1.29, 1.82) is 0 Å². The molecule has 0 aliphatic heterocycles. The zero-order valence-electron chi connectivity index (χ0n) is 17.7. The van der Waals surface area contributed by atoms with Crippen LogP contribution in [-0.4, -0.2) is 47.4 Å². The number of nitrogens with zero attached hydrogens (tertiary/aromatic N) is 1. The van der Waals surface area contributed by atoms with Crippen LogP contribution in [0.2, 0.25) is 0 Å². The molecule has 0 radical (unpaired) electrons. The van der Waals surface area contributed by atoms with E-state index in [2.05, 4.69) is 41.5 Å². The van der Waals surface area contributed by atoms with Gasteiger partial charge in [-0.15, -0.1) is 11.8 Å². The van der Waals surface area contributed by atoms with Gasteiger partial charge >= 0.3 is 0 Å². The zero-order chi connectivity index (χ0) is 21.9. The van der Waals surface area contributed by atoms with Gasteiger partial charge in [-0.25, -0.2) is 4.39 Å². The van der Waals surface area contributed by atoms with E-state index in [1.54, 1.807) is 6.92 Å². The van der Waals surface area contributed by atoms with Crippen LogP contribution >= 0.6 is 11.8 Å². The first-order valence-electron chi connectivity index (χ1n) is 10.2. The van der Waals surface area contributed by atoms with Crippen LogP contribution in [0.1, 0.15) is 32.4 Å². The molecule has 2 atom stereocenters. The third kappa shape index (κ3) is 7.46. The van der Waals surface area contributed by atoms with Crippen LogP contribution in [0, 0.1) is 5.82 Å². The quantitative estimate of drug-likeness (QED) is 0.563. The number of likely N-dealkylation sites (N-methyl/N-ethyl adjacent to an activating group) is 1. The summed E-state index contributed by atoms with van der Waals surface area (Å²) in [6.45, 7) is 8.30. The Morgan fingerprint density at radius 2 is 1.67 bits per heavy atom. The molecule has 162 valence electrons. The summed E-state index contributed by atoms with van der Waals surface area (Å²) in [5, 5.41) is 5.37. The maximum Gasteiger partial charge on any atom is 0.234 e. The minimum Gasteiger partial charge on any atom is -0.353 e. The predicted molar refractivity (Wildman–Crippen MR) is 122 cm³/mol. The Labute approximate surface area is 182 Å². The molecular weight excluding hydrogens is 401 g/mol. The molecular formula is C23H30FN3O2S. The van der Waals surface area contributed by atoms with Gasteiger partial charge in [-0.1, -0.05) is 44.2 Å². The van der Waals surface area contributed by atoms with E-state index >= 15 is 0 Å². The van der Waals surface area contributed by atoms with Crippen LogP contribution in [0.15, 0.2) is 54.6 Å². The van der Waals surface area contributed by atoms with Crippen molar-refractivity contribution in [3.8, 4) is 0 Å². The number of amides is 2. The molecule has 0 saturated heterocycles. The molecule has 0 heterocycles. The van der Waals surface area contributed by atoms with Crippen molar-refractivity contribution in [3.63, 3.8) is 0 Å². The summed E-state index contributed by atoms with van der Waals surface area (Å²) in [5.41, 5.74) is 1.70. The number of nitrogens with one attached hydrogen (secondary N) is 2. The molecule has 7 heteroatoms. The zero-order valence-corrected chi connectivity index (χ0v) is 18.5. The number of carbonyl (C=O) groups is 2. The van der Waals surface area contributed by atoms with E-state index < -0.39 is 0 Å². The molecule has 0 aliphatic carbocycles. The minimum atomic E-state index is -0.364. The number of thioether (sulfide) groups is 1. The van der Waals surface area contributed by atoms with Gasteiger partial charge < -0.3 is 10.6 Å². The van der Waals surface area contributed by atoms with Crippen molar-refractivity contribution in [1.82, 2.24) is 10.2 Å². The molecule has 0 bridgehead atoms. The molecule has 5 nitrogen and oxygen atoms in total. The van der Waals surface area contributed by atoms with Gasteiger partial charge in [-0.05, 0) is 49.8 Å². The molecule has 2 N–H and O–H groups in total. The standard InChI is InChI=1S/C23H30FN3O2S/c1-4-27(5-2)21(18-9-7-6-8-10-18)15-25-23(29)17(3)30-16-22(28)26-20-13-11-19(24)12-14-20/h6-14,17,21H,4-5,15-16H2,1-3H3,(H,25,29)(H,26,28). The summed E-state index contributed by atoms with van der Waals surface area (Å²) in [6, 6.07) is 15.8. The highest BCUT2D eigenvalue weighted by Crippen LogP contribution is 2.20. The lowest BCUT2D eigenvalue weighted by Gasteiger charge is -2.30. The lowest BCUT2D eigenvalue weighted by Crippen LogP contribution is -2.40. The number of halogens is 1. The second-order valence-corrected chi connectivity index (χ2v) is 8.23. The van der Waals surface area contributed by atoms with Gasteiger partial charge in [0.15, 0.2) is 0 Å². The Kier molecular flexibility index (Phi) is 9.83. The van der Waals surface area contributed by atoms with E-state index in [1.807, 2.05) is 18.2 Å². The lowest BCUT2D eigenvalue weighted by atomic mass is 10.1. The topological polar surface area (TPSA) is 61.4 Å². The van der Waals surface area contributed by atoms with Gasteiger partial charge in [0.05, 0.1) is 17.0 Å². The first-order chi connectivity index (χ1) is 14.4. The molecule has 0 fully saturated rings. The average Bonchev–Trinajstić information content (AvgIpc) is 2.77. The third-order valence-electron chi connectivity index (χ3n) is 4.87. The summed E-state index contributed by atoms with van der Waals surface area (Å²) in [6.07, 6.45) is 0. The summed E-state index contributed by atoms with van der Waals surface area (Å²) in [5.74, 6) is -0.533. The average molecular weight is 432 g/mol. The van der Waals surface area contributed by atoms with E-state index in [0.717, 1.165) is 13.1 Å². The Bertz CT molecular complexity index is 798. The first-order valence-corrected chi connectivity index (χ1v) is 11.2. The Hall–Kier alpha value is -2.38. The van der Waals surface area contributed by atoms with E-state index in [4.69, 9.17) is 0 Å². The van der Waals surface area contributed by atoms with Gasteiger partial charge in [0.25, 0.3) is 0 Å². The second kappa shape index (κ2) is 12.3. The van der Waals surface area contributed by atoms with Crippen LogP contribution in [-0.2, 0) is 9.59 Å². The second-order valence-electron chi connectivity index (χ2n) is 6.90. The fourth-order valence-corrected chi connectivity index (χ4v) is 3.85. The van der Waals surface area contributed by atoms with Crippen LogP contribution in [0.3, 0.4) is 0 Å². The van der Waals surface area contributed by atoms with Gasteiger partial charge in [0, 0.05) is 12.2 Å². The largest absolute Gasteiger partial charge is 0.353 e. The fourth-order valence-electron chi connectivity index (χ4n) is 3.15. The molecule has 2 unspecified atom stereocenters. The molecule has 2 rings (SSSR count). The predicted octanol–water partition coefficient (Wildman–Crippen LogP) is 4.09. The molecule has 2 amide bonds. The van der Waals surface area contributed by atoms with Gasteiger partial charge in [-0.2, -0.15) is 0 Å². The van der Waals surface area contributed by atoms with Crippen molar-refractivity contribution in [2.45, 2.75) is 32.1 Å². The number of carbonyl (C=O) groups excluding carboxylic acids is 2. The van der Waals surface area contributed by atoms with E-state index in [9.17, 15) is 14.0 Å². The van der Waals surface area contributed by atoms with Gasteiger partial charge in [0.2, 0.25) is 11.8 Å². The highest BCUT2D eigenvalue weighted by Gasteiger charge is 2.21. The number of hydrogen-bond donors (Lipinski definition) is 2. The van der Waals surface area contributed by atoms with Crippen molar-refractivity contribution >= 4 is 29.3 Å². The van der Waals surface area contributed by atoms with Crippen LogP contribution < -0.4 is 10.6 Å². The van der Waals surface area contributed by atoms with Crippen LogP contribution in [0.25, 0.3) is 0 Å². The Morgan fingerprint density at radius 1 is 1.03 bits per heavy atom.